The number of imidazole rings is 1. The predicted molar refractivity (Wildman–Crippen MR) is 61.5 cm³/mol. The van der Waals surface area contributed by atoms with Crippen LogP contribution in [0.2, 0.25) is 0 Å². The standard InChI is InChI=1S/C10H12N4OS/c1-7-14-9(5-16-7)10(15)12-3-2-8-4-11-6-13-8/h4-6H,2-3H2,1H3,(H,11,13)(H,12,15). The van der Waals surface area contributed by atoms with Gasteiger partial charge in [0, 0.05) is 30.2 Å². The van der Waals surface area contributed by atoms with Crippen LogP contribution in [0.4, 0.5) is 0 Å². The Morgan fingerprint density at radius 3 is 3.12 bits per heavy atom. The number of carbonyl (C=O) groups is 1. The fourth-order valence-corrected chi connectivity index (χ4v) is 1.88. The van der Waals surface area contributed by atoms with Crippen molar-refractivity contribution in [3.05, 3.63) is 34.3 Å². The van der Waals surface area contributed by atoms with E-state index in [0.717, 1.165) is 17.1 Å². The molecule has 16 heavy (non-hydrogen) atoms. The maximum absolute atomic E-state index is 11.6. The van der Waals surface area contributed by atoms with Crippen LogP contribution in [0.25, 0.3) is 0 Å². The van der Waals surface area contributed by atoms with Crippen molar-refractivity contribution in [2.45, 2.75) is 13.3 Å². The van der Waals surface area contributed by atoms with E-state index in [-0.39, 0.29) is 5.91 Å². The van der Waals surface area contributed by atoms with Crippen LogP contribution in [0.15, 0.2) is 17.9 Å². The van der Waals surface area contributed by atoms with E-state index in [4.69, 9.17) is 0 Å². The summed E-state index contributed by atoms with van der Waals surface area (Å²) < 4.78 is 0. The first-order chi connectivity index (χ1) is 7.75. The second-order valence-electron chi connectivity index (χ2n) is 3.33. The molecule has 2 heterocycles. The maximum Gasteiger partial charge on any atom is 0.270 e. The number of nitrogens with zero attached hydrogens (tertiary/aromatic N) is 2. The lowest BCUT2D eigenvalue weighted by Crippen LogP contribution is -2.26. The Morgan fingerprint density at radius 2 is 2.50 bits per heavy atom. The monoisotopic (exact) mass is 236 g/mol. The quantitative estimate of drug-likeness (QED) is 0.836. The second-order valence-corrected chi connectivity index (χ2v) is 4.40. The molecule has 0 unspecified atom stereocenters. The van der Waals surface area contributed by atoms with Gasteiger partial charge >= 0.3 is 0 Å². The van der Waals surface area contributed by atoms with Crippen LogP contribution < -0.4 is 5.32 Å². The molecule has 2 aromatic rings. The Kier molecular flexibility index (Phi) is 3.31. The summed E-state index contributed by atoms with van der Waals surface area (Å²) in [5, 5.41) is 5.47. The highest BCUT2D eigenvalue weighted by Gasteiger charge is 2.08. The molecule has 2 rings (SSSR count). The van der Waals surface area contributed by atoms with Crippen LogP contribution in [0, 0.1) is 6.92 Å². The van der Waals surface area contributed by atoms with Gasteiger partial charge in [0.1, 0.15) is 5.69 Å². The zero-order valence-electron chi connectivity index (χ0n) is 8.86. The van der Waals surface area contributed by atoms with Gasteiger partial charge in [-0.3, -0.25) is 4.79 Å². The van der Waals surface area contributed by atoms with Crippen LogP contribution in [-0.4, -0.2) is 27.4 Å². The number of aromatic nitrogens is 3. The number of hydrogen-bond donors (Lipinski definition) is 2. The van der Waals surface area contributed by atoms with Gasteiger partial charge in [-0.15, -0.1) is 11.3 Å². The van der Waals surface area contributed by atoms with Gasteiger partial charge in [-0.1, -0.05) is 0 Å². The molecular weight excluding hydrogens is 224 g/mol. The van der Waals surface area contributed by atoms with Crippen LogP contribution in [-0.2, 0) is 6.42 Å². The molecule has 0 saturated carbocycles. The summed E-state index contributed by atoms with van der Waals surface area (Å²) in [5.41, 5.74) is 1.50. The number of nitrogens with one attached hydrogen (secondary N) is 2. The Morgan fingerprint density at radius 1 is 1.62 bits per heavy atom. The molecule has 1 amide bonds. The molecule has 0 radical (unpaired) electrons. The molecule has 0 aromatic carbocycles. The molecule has 0 bridgehead atoms. The van der Waals surface area contributed by atoms with Crippen LogP contribution in [0.1, 0.15) is 21.2 Å². The third kappa shape index (κ3) is 2.66. The SMILES string of the molecule is Cc1nc(C(=O)NCCc2cnc[nH]2)cs1. The van der Waals surface area contributed by atoms with Crippen molar-refractivity contribution in [1.29, 1.82) is 0 Å². The minimum atomic E-state index is -0.121. The fourth-order valence-electron chi connectivity index (χ4n) is 1.29. The summed E-state index contributed by atoms with van der Waals surface area (Å²) in [7, 11) is 0. The normalized spacial score (nSPS) is 10.3. The molecule has 0 aliphatic carbocycles. The highest BCUT2D eigenvalue weighted by molar-refractivity contribution is 7.09. The van der Waals surface area contributed by atoms with Crippen molar-refractivity contribution in [1.82, 2.24) is 20.3 Å². The van der Waals surface area contributed by atoms with Crippen molar-refractivity contribution in [2.75, 3.05) is 6.54 Å². The second kappa shape index (κ2) is 4.89. The molecule has 84 valence electrons. The lowest BCUT2D eigenvalue weighted by molar-refractivity contribution is 0.0949. The first kappa shape index (κ1) is 10.8. The highest BCUT2D eigenvalue weighted by Crippen LogP contribution is 2.07. The predicted octanol–water partition coefficient (Wildman–Crippen LogP) is 1.15. The fraction of sp³-hybridized carbons (Fsp3) is 0.300. The largest absolute Gasteiger partial charge is 0.350 e. The van der Waals surface area contributed by atoms with E-state index < -0.39 is 0 Å². The van der Waals surface area contributed by atoms with Gasteiger partial charge in [-0.2, -0.15) is 0 Å². The molecule has 0 saturated heterocycles. The zero-order valence-corrected chi connectivity index (χ0v) is 9.67. The number of aryl methyl sites for hydroxylation is 1. The smallest absolute Gasteiger partial charge is 0.270 e. The van der Waals surface area contributed by atoms with Crippen LogP contribution in [0.3, 0.4) is 0 Å². The van der Waals surface area contributed by atoms with Crippen molar-refractivity contribution in [3.8, 4) is 0 Å². The lowest BCUT2D eigenvalue weighted by atomic mass is 10.3. The molecule has 0 aliphatic rings. The summed E-state index contributed by atoms with van der Waals surface area (Å²) in [6.45, 7) is 2.46. The lowest BCUT2D eigenvalue weighted by Gasteiger charge is -2.01. The maximum atomic E-state index is 11.6. The summed E-state index contributed by atoms with van der Waals surface area (Å²) >= 11 is 1.48. The van der Waals surface area contributed by atoms with E-state index >= 15 is 0 Å². The first-order valence-corrected chi connectivity index (χ1v) is 5.81. The van der Waals surface area contributed by atoms with Crippen LogP contribution in [0.5, 0.6) is 0 Å². The van der Waals surface area contributed by atoms with Crippen molar-refractivity contribution >= 4 is 17.2 Å². The number of H-pyrrole nitrogens is 1. The van der Waals surface area contributed by atoms with E-state index in [0.29, 0.717) is 12.2 Å². The van der Waals surface area contributed by atoms with Crippen molar-refractivity contribution < 1.29 is 4.79 Å². The molecule has 5 nitrogen and oxygen atoms in total. The Bertz CT molecular complexity index is 463. The van der Waals surface area contributed by atoms with Crippen molar-refractivity contribution in [3.63, 3.8) is 0 Å². The number of carbonyl (C=O) groups excluding carboxylic acids is 1. The van der Waals surface area contributed by atoms with Gasteiger partial charge in [0.15, 0.2) is 0 Å². The minimum Gasteiger partial charge on any atom is -0.350 e. The Labute approximate surface area is 96.9 Å². The molecular formula is C10H12N4OS. The molecule has 0 atom stereocenters. The van der Waals surface area contributed by atoms with E-state index in [1.165, 1.54) is 11.3 Å². The molecule has 2 N–H and O–H groups in total. The molecule has 6 heteroatoms. The number of amides is 1. The van der Waals surface area contributed by atoms with Gasteiger partial charge in [-0.05, 0) is 6.92 Å². The third-order valence-corrected chi connectivity index (χ3v) is 2.86. The molecule has 0 spiro atoms. The number of hydrogen-bond acceptors (Lipinski definition) is 4. The Balaban J connectivity index is 1.80. The van der Waals surface area contributed by atoms with Gasteiger partial charge in [0.25, 0.3) is 5.91 Å². The number of aromatic amines is 1. The first-order valence-electron chi connectivity index (χ1n) is 4.93. The highest BCUT2D eigenvalue weighted by atomic mass is 32.1. The average molecular weight is 236 g/mol. The van der Waals surface area contributed by atoms with E-state index in [1.54, 1.807) is 17.9 Å². The topological polar surface area (TPSA) is 70.7 Å². The van der Waals surface area contributed by atoms with Gasteiger partial charge in [0.05, 0.1) is 11.3 Å². The zero-order chi connectivity index (χ0) is 11.4. The molecule has 2 aromatic heterocycles. The van der Waals surface area contributed by atoms with E-state index in [9.17, 15) is 4.79 Å². The summed E-state index contributed by atoms with van der Waals surface area (Å²) in [6, 6.07) is 0. The number of rotatable bonds is 4. The van der Waals surface area contributed by atoms with E-state index in [2.05, 4.69) is 20.3 Å². The third-order valence-electron chi connectivity index (χ3n) is 2.09. The molecule has 0 aliphatic heterocycles. The average Bonchev–Trinajstić information content (AvgIpc) is 2.89. The van der Waals surface area contributed by atoms with Gasteiger partial charge in [-0.25, -0.2) is 9.97 Å². The Hall–Kier alpha value is -1.69. The summed E-state index contributed by atoms with van der Waals surface area (Å²) in [4.78, 5) is 22.6. The summed E-state index contributed by atoms with van der Waals surface area (Å²) in [5.74, 6) is -0.121. The van der Waals surface area contributed by atoms with Gasteiger partial charge in [0.2, 0.25) is 0 Å². The van der Waals surface area contributed by atoms with Crippen molar-refractivity contribution in [2.24, 2.45) is 0 Å². The summed E-state index contributed by atoms with van der Waals surface area (Å²) in [6.07, 6.45) is 4.12. The van der Waals surface area contributed by atoms with Crippen LogP contribution >= 0.6 is 11.3 Å². The number of thiazole rings is 1. The molecule has 0 fully saturated rings. The minimum absolute atomic E-state index is 0.121. The van der Waals surface area contributed by atoms with Gasteiger partial charge < -0.3 is 10.3 Å². The van der Waals surface area contributed by atoms with E-state index in [1.807, 2.05) is 6.92 Å².